The molecule has 0 unspecified atom stereocenters. The van der Waals surface area contributed by atoms with Crippen molar-refractivity contribution in [1.29, 1.82) is 0 Å². The molecule has 2 N–H and O–H groups in total. The van der Waals surface area contributed by atoms with Crippen LogP contribution in [0.2, 0.25) is 0 Å². The van der Waals surface area contributed by atoms with Gasteiger partial charge in [0.1, 0.15) is 26.3 Å². The molecule has 0 saturated heterocycles. The Morgan fingerprint density at radius 1 is 0.818 bits per heavy atom. The van der Waals surface area contributed by atoms with Crippen molar-refractivity contribution in [2.75, 3.05) is 68.6 Å². The number of carbonyl (C=O) groups excluding carboxylic acids is 2. The van der Waals surface area contributed by atoms with Crippen molar-refractivity contribution in [3.63, 3.8) is 0 Å². The molecule has 0 aliphatic carbocycles. The van der Waals surface area contributed by atoms with Crippen LogP contribution in [0.5, 0.6) is 0 Å². The second kappa shape index (κ2) is 13.9. The number of carbonyl (C=O) groups is 2. The van der Waals surface area contributed by atoms with Crippen LogP contribution < -0.4 is 30.5 Å². The van der Waals surface area contributed by atoms with Crippen molar-refractivity contribution in [3.05, 3.63) is 0 Å². The summed E-state index contributed by atoms with van der Waals surface area (Å²) in [6, 6.07) is 0. The Hall–Kier alpha value is -0.760. The summed E-state index contributed by atoms with van der Waals surface area (Å²) in [5.41, 5.74) is 4.75. The number of rotatable bonds is 6. The van der Waals surface area contributed by atoms with Gasteiger partial charge in [-0.3, -0.25) is 4.79 Å². The Labute approximate surface area is 146 Å². The van der Waals surface area contributed by atoms with Crippen LogP contribution in [0.1, 0.15) is 6.92 Å². The number of hydrogen-bond acceptors (Lipinski definition) is 4. The molecule has 0 radical (unpaired) electrons. The first kappa shape index (κ1) is 29.3. The lowest BCUT2D eigenvalue weighted by Gasteiger charge is -2.23. The third-order valence-corrected chi connectivity index (χ3v) is 2.07. The van der Waals surface area contributed by atoms with Crippen LogP contribution in [-0.4, -0.2) is 89.6 Å². The summed E-state index contributed by atoms with van der Waals surface area (Å²) in [5.74, 6) is -0.201. The average Bonchev–Trinajstić information content (AvgIpc) is 2.12. The molecular weight excluding hydrogens is 333 g/mol. The number of ether oxygens (including phenoxy) is 2. The van der Waals surface area contributed by atoms with Gasteiger partial charge in [0, 0.05) is 6.92 Å². The number of nitrogens with zero attached hydrogens (tertiary/aromatic N) is 2. The van der Waals surface area contributed by atoms with Crippen LogP contribution in [0, 0.1) is 0 Å². The summed E-state index contributed by atoms with van der Waals surface area (Å²) < 4.78 is 10.9. The molecule has 0 rings (SSSR count). The van der Waals surface area contributed by atoms with Gasteiger partial charge in [0.15, 0.2) is 0 Å². The average molecular weight is 364 g/mol. The lowest BCUT2D eigenvalue weighted by atomic mass is 10.5. The highest BCUT2D eigenvalue weighted by Gasteiger charge is 2.07. The maximum atomic E-state index is 10.3. The van der Waals surface area contributed by atoms with Crippen molar-refractivity contribution < 1.29 is 52.8 Å². The van der Waals surface area contributed by atoms with E-state index in [0.29, 0.717) is 13.2 Å². The number of primary amides is 1. The molecular formula is C13H31Cl2N3O4. The Morgan fingerprint density at radius 3 is 1.36 bits per heavy atom. The van der Waals surface area contributed by atoms with Gasteiger partial charge in [-0.2, -0.15) is 0 Å². The maximum Gasteiger partial charge on any atom is 0.404 e. The van der Waals surface area contributed by atoms with Gasteiger partial charge in [-0.15, -0.1) is 0 Å². The molecule has 7 nitrogen and oxygen atoms in total. The summed E-state index contributed by atoms with van der Waals surface area (Å²) in [6.07, 6.45) is -0.701. The van der Waals surface area contributed by atoms with Gasteiger partial charge in [0.25, 0.3) is 0 Å². The van der Waals surface area contributed by atoms with Gasteiger partial charge >= 0.3 is 12.1 Å². The van der Waals surface area contributed by atoms with E-state index in [9.17, 15) is 9.59 Å². The van der Waals surface area contributed by atoms with E-state index in [2.05, 4.69) is 25.9 Å². The van der Waals surface area contributed by atoms with E-state index >= 15 is 0 Å². The first-order valence-electron chi connectivity index (χ1n) is 6.50. The molecule has 0 heterocycles. The minimum absolute atomic E-state index is 0. The van der Waals surface area contributed by atoms with Crippen LogP contribution in [0.4, 0.5) is 4.79 Å². The Kier molecular flexibility index (Phi) is 18.5. The van der Waals surface area contributed by atoms with Crippen LogP contribution in [0.15, 0.2) is 0 Å². The minimum Gasteiger partial charge on any atom is -1.00 e. The fourth-order valence-corrected chi connectivity index (χ4v) is 0.883. The molecule has 0 saturated carbocycles. The van der Waals surface area contributed by atoms with Gasteiger partial charge in [-0.1, -0.05) is 0 Å². The normalized spacial score (nSPS) is 10.1. The van der Waals surface area contributed by atoms with Crippen molar-refractivity contribution in [2.45, 2.75) is 6.92 Å². The fourth-order valence-electron chi connectivity index (χ4n) is 0.883. The highest BCUT2D eigenvalue weighted by atomic mass is 35.5. The monoisotopic (exact) mass is 363 g/mol. The summed E-state index contributed by atoms with van der Waals surface area (Å²) in [5, 5.41) is 0. The SMILES string of the molecule is CC(=O)OCC[N+](C)(C)C.C[N+](C)(C)CCOC(N)=O.[Cl-].[Cl-]. The van der Waals surface area contributed by atoms with Crippen LogP contribution in [-0.2, 0) is 14.3 Å². The van der Waals surface area contributed by atoms with E-state index < -0.39 is 6.09 Å². The standard InChI is InChI=1S/C7H16NO2.C6H14N2O2.2ClH/c1-7(9)10-6-5-8(2,3)4;1-8(2,3)4-5-10-6(7)9;;/h5-6H2,1-4H3;4-5H2,1-3H3,(H-,7,9);2*1H/q+1;;;/p-1. The maximum absolute atomic E-state index is 10.3. The minimum atomic E-state index is -0.701. The van der Waals surface area contributed by atoms with Gasteiger partial charge in [-0.05, 0) is 0 Å². The largest absolute Gasteiger partial charge is 1.00 e. The molecule has 0 aromatic heterocycles. The third-order valence-electron chi connectivity index (χ3n) is 2.07. The van der Waals surface area contributed by atoms with Crippen molar-refractivity contribution in [3.8, 4) is 0 Å². The summed E-state index contributed by atoms with van der Waals surface area (Å²) in [4.78, 5) is 20.4. The Bertz CT molecular complexity index is 273. The molecule has 0 atom stereocenters. The van der Waals surface area contributed by atoms with Crippen molar-refractivity contribution >= 4 is 12.1 Å². The number of hydrogen-bond donors (Lipinski definition) is 1. The second-order valence-corrected chi connectivity index (χ2v) is 6.54. The number of amides is 1. The molecule has 0 aliphatic rings. The second-order valence-electron chi connectivity index (χ2n) is 6.54. The van der Waals surface area contributed by atoms with Gasteiger partial charge in [0.2, 0.25) is 0 Å². The topological polar surface area (TPSA) is 78.6 Å². The molecule has 1 amide bonds. The van der Waals surface area contributed by atoms with Crippen molar-refractivity contribution in [1.82, 2.24) is 0 Å². The Balaban J connectivity index is -0.000000135. The number of halogens is 2. The van der Waals surface area contributed by atoms with Gasteiger partial charge < -0.3 is 49.0 Å². The van der Waals surface area contributed by atoms with Gasteiger partial charge in [-0.25, -0.2) is 4.79 Å². The predicted octanol–water partition coefficient (Wildman–Crippen LogP) is -5.95. The molecule has 0 aromatic rings. The summed E-state index contributed by atoms with van der Waals surface area (Å²) >= 11 is 0. The number of quaternary nitrogens is 2. The quantitative estimate of drug-likeness (QED) is 0.376. The molecule has 0 bridgehead atoms. The fraction of sp³-hybridized carbons (Fsp3) is 0.846. The zero-order chi connectivity index (χ0) is 16.4. The van der Waals surface area contributed by atoms with E-state index in [4.69, 9.17) is 10.5 Å². The Morgan fingerprint density at radius 2 is 1.14 bits per heavy atom. The smallest absolute Gasteiger partial charge is 0.404 e. The van der Waals surface area contributed by atoms with E-state index in [1.807, 2.05) is 21.1 Å². The van der Waals surface area contributed by atoms with Crippen LogP contribution >= 0.6 is 0 Å². The summed E-state index contributed by atoms with van der Waals surface area (Å²) in [6.45, 7) is 3.97. The van der Waals surface area contributed by atoms with Crippen LogP contribution in [0.25, 0.3) is 0 Å². The molecule has 0 aliphatic heterocycles. The molecule has 136 valence electrons. The molecule has 0 spiro atoms. The molecule has 22 heavy (non-hydrogen) atoms. The first-order valence-corrected chi connectivity index (χ1v) is 6.50. The van der Waals surface area contributed by atoms with Crippen LogP contribution in [0.3, 0.4) is 0 Å². The lowest BCUT2D eigenvalue weighted by Crippen LogP contribution is -3.00. The number of esters is 1. The van der Waals surface area contributed by atoms with E-state index in [1.54, 1.807) is 0 Å². The molecule has 0 aromatic carbocycles. The lowest BCUT2D eigenvalue weighted by molar-refractivity contribution is -0.870. The predicted molar refractivity (Wildman–Crippen MR) is 78.0 cm³/mol. The van der Waals surface area contributed by atoms with E-state index in [1.165, 1.54) is 6.92 Å². The zero-order valence-electron chi connectivity index (χ0n) is 14.7. The van der Waals surface area contributed by atoms with E-state index in [0.717, 1.165) is 22.1 Å². The van der Waals surface area contributed by atoms with Crippen molar-refractivity contribution in [2.24, 2.45) is 5.73 Å². The third kappa shape index (κ3) is 36.5. The first-order chi connectivity index (χ1) is 8.83. The highest BCUT2D eigenvalue weighted by molar-refractivity contribution is 5.65. The van der Waals surface area contributed by atoms with Gasteiger partial charge in [0.05, 0.1) is 42.3 Å². The highest BCUT2D eigenvalue weighted by Crippen LogP contribution is 1.89. The number of nitrogens with two attached hydrogens (primary N) is 1. The summed E-state index contributed by atoms with van der Waals surface area (Å²) in [7, 11) is 12.2. The molecule has 0 fully saturated rings. The zero-order valence-corrected chi connectivity index (χ0v) is 16.2. The molecule has 9 heteroatoms. The number of likely N-dealkylation sites (N-methyl/N-ethyl adjacent to an activating group) is 2. The van der Waals surface area contributed by atoms with E-state index in [-0.39, 0.29) is 30.8 Å².